The maximum absolute atomic E-state index is 15.0. The Labute approximate surface area is 405 Å². The molecule has 6 unspecified atom stereocenters. The maximum Gasteiger partial charge on any atom is 0.410 e. The summed E-state index contributed by atoms with van der Waals surface area (Å²) in [6.07, 6.45) is 21.5. The fraction of sp³-hybridized carbons (Fsp3) is 0.544. The number of benzene rings is 3. The minimum Gasteiger partial charge on any atom is -0.490 e. The van der Waals surface area contributed by atoms with E-state index >= 15 is 0 Å². The van der Waals surface area contributed by atoms with Crippen LogP contribution in [0, 0.1) is 23.6 Å². The van der Waals surface area contributed by atoms with E-state index in [1.807, 2.05) is 42.5 Å². The van der Waals surface area contributed by atoms with Crippen molar-refractivity contribution in [2.24, 2.45) is 22.9 Å². The summed E-state index contributed by atoms with van der Waals surface area (Å²) in [5.74, 6) is -1.20. The van der Waals surface area contributed by atoms with Gasteiger partial charge in [0, 0.05) is 37.7 Å². The van der Waals surface area contributed by atoms with E-state index in [4.69, 9.17) is 28.9 Å². The van der Waals surface area contributed by atoms with E-state index in [1.54, 1.807) is 29.2 Å². The van der Waals surface area contributed by atoms with Gasteiger partial charge in [-0.1, -0.05) is 150 Å². The molecule has 6 rings (SSSR count). The number of aliphatic hydroxyl groups is 2. The van der Waals surface area contributed by atoms with Crippen molar-refractivity contribution >= 4 is 11.8 Å². The van der Waals surface area contributed by atoms with Crippen molar-refractivity contribution in [1.82, 2.24) is 4.90 Å². The van der Waals surface area contributed by atoms with Crippen LogP contribution in [0.4, 0.5) is 9.18 Å². The molecule has 370 valence electrons. The first kappa shape index (κ1) is 52.4. The summed E-state index contributed by atoms with van der Waals surface area (Å²) in [6.45, 7) is 11.4. The second kappa shape index (κ2) is 27.9. The van der Waals surface area contributed by atoms with Crippen LogP contribution in [0.1, 0.15) is 139 Å². The summed E-state index contributed by atoms with van der Waals surface area (Å²) in [7, 11) is 0. The summed E-state index contributed by atoms with van der Waals surface area (Å²) in [4.78, 5) is 23.0. The molecule has 1 amide bonds. The van der Waals surface area contributed by atoms with Crippen LogP contribution >= 0.6 is 0 Å². The van der Waals surface area contributed by atoms with Crippen molar-refractivity contribution in [2.45, 2.75) is 147 Å². The molecule has 3 aliphatic rings. The van der Waals surface area contributed by atoms with E-state index in [0.717, 1.165) is 61.6 Å². The number of unbranched alkanes of at least 4 members (excludes halogenated alkanes) is 11. The maximum atomic E-state index is 15.0. The van der Waals surface area contributed by atoms with Gasteiger partial charge < -0.3 is 34.0 Å². The molecule has 1 heterocycles. The van der Waals surface area contributed by atoms with Gasteiger partial charge in [-0.25, -0.2) is 9.18 Å². The predicted molar refractivity (Wildman–Crippen MR) is 267 cm³/mol. The van der Waals surface area contributed by atoms with Gasteiger partial charge in [-0.15, -0.1) is 6.58 Å². The highest BCUT2D eigenvalue weighted by Gasteiger charge is 2.65. The Kier molecular flexibility index (Phi) is 21.5. The van der Waals surface area contributed by atoms with Crippen LogP contribution in [0.15, 0.2) is 115 Å². The molecular weight excluding hydrogens is 860 g/mol. The van der Waals surface area contributed by atoms with Crippen LogP contribution in [-0.4, -0.2) is 71.8 Å². The highest BCUT2D eigenvalue weighted by atomic mass is 19.1. The molecule has 3 aromatic carbocycles. The first-order chi connectivity index (χ1) is 33.4. The third-order valence-corrected chi connectivity index (χ3v) is 13.9. The van der Waals surface area contributed by atoms with Gasteiger partial charge in [0.2, 0.25) is 5.79 Å². The van der Waals surface area contributed by atoms with Crippen LogP contribution in [0.3, 0.4) is 0 Å². The smallest absolute Gasteiger partial charge is 0.410 e. The molecular formula is C57H77FN2O8. The number of halogens is 1. The van der Waals surface area contributed by atoms with Crippen LogP contribution in [-0.2, 0) is 27.5 Å². The molecule has 0 bridgehead atoms. The third kappa shape index (κ3) is 14.1. The zero-order chi connectivity index (χ0) is 48.0. The summed E-state index contributed by atoms with van der Waals surface area (Å²) >= 11 is 0. The highest BCUT2D eigenvalue weighted by molar-refractivity contribution is 6.03. The van der Waals surface area contributed by atoms with Gasteiger partial charge in [-0.3, -0.25) is 4.90 Å². The molecule has 1 saturated carbocycles. The van der Waals surface area contributed by atoms with Gasteiger partial charge in [0.1, 0.15) is 36.6 Å². The molecule has 0 aromatic heterocycles. The van der Waals surface area contributed by atoms with Crippen molar-refractivity contribution in [3.63, 3.8) is 0 Å². The number of amides is 1. The number of hydrogen-bond acceptors (Lipinski definition) is 9. The second-order valence-electron chi connectivity index (χ2n) is 18.7. The molecule has 2 N–H and O–H groups in total. The molecule has 6 atom stereocenters. The average Bonchev–Trinajstić information content (AvgIpc) is 3.35. The lowest BCUT2D eigenvalue weighted by molar-refractivity contribution is -0.256. The van der Waals surface area contributed by atoms with Crippen LogP contribution in [0.25, 0.3) is 0 Å². The number of carbonyl (C=O) groups is 1. The fourth-order valence-corrected chi connectivity index (χ4v) is 10.6. The minimum absolute atomic E-state index is 0.0390. The number of rotatable bonds is 31. The normalized spacial score (nSPS) is 22.0. The summed E-state index contributed by atoms with van der Waals surface area (Å²) in [5.41, 5.74) is 4.24. The number of aliphatic hydroxyl groups excluding tert-OH is 2. The zero-order valence-corrected chi connectivity index (χ0v) is 40.5. The van der Waals surface area contributed by atoms with E-state index in [1.165, 1.54) is 57.1 Å². The quantitative estimate of drug-likeness (QED) is 0.0372. The van der Waals surface area contributed by atoms with E-state index < -0.39 is 23.8 Å². The van der Waals surface area contributed by atoms with E-state index in [0.29, 0.717) is 42.2 Å². The molecule has 68 heavy (non-hydrogen) atoms. The van der Waals surface area contributed by atoms with Gasteiger partial charge >= 0.3 is 6.09 Å². The van der Waals surface area contributed by atoms with E-state index in [9.17, 15) is 19.4 Å². The minimum atomic E-state index is -1.49. The van der Waals surface area contributed by atoms with E-state index in [2.05, 4.69) is 32.2 Å². The highest BCUT2D eigenvalue weighted by Crippen LogP contribution is 2.62. The largest absolute Gasteiger partial charge is 0.490 e. The van der Waals surface area contributed by atoms with Crippen molar-refractivity contribution in [3.05, 3.63) is 132 Å². The van der Waals surface area contributed by atoms with Crippen molar-refractivity contribution in [3.8, 4) is 11.5 Å². The molecule has 3 aromatic rings. The number of nitrogens with zero attached hydrogens (tertiary/aromatic N) is 2. The van der Waals surface area contributed by atoms with Gasteiger partial charge in [0.15, 0.2) is 0 Å². The molecule has 0 spiro atoms. The molecule has 0 radical (unpaired) electrons. The molecule has 11 heteroatoms. The number of ether oxygens (including phenoxy) is 4. The summed E-state index contributed by atoms with van der Waals surface area (Å²) in [5, 5.41) is 24.9. The Hall–Kier alpha value is -4.97. The third-order valence-electron chi connectivity index (χ3n) is 13.9. The molecule has 1 fully saturated rings. The number of allylic oxidation sites excluding steroid dienone is 1. The Balaban J connectivity index is 1.46. The van der Waals surface area contributed by atoms with Gasteiger partial charge in [0.25, 0.3) is 0 Å². The lowest BCUT2D eigenvalue weighted by Crippen LogP contribution is -2.70. The number of fused-ring (bicyclic) bond motifs is 2. The standard InChI is InChI=1S/C57H77FN2O8/c1-4-7-8-9-10-11-12-13-14-22-37-65-56(63)60(41-43-27-29-46(58)30-28-43)53-40-51(59-67-42-44-23-16-15-17-24-44)49-38-45(25-18-20-33-61)48(26-19-21-34-62)54-50-39-47(64-35-5-2)31-32-52(50)68-57(53,55(49)54)66-36-6-3/h5-6,15-17,23-24,27-32,38-39,45,48,53-55,61-62H,2-4,7-14,18-22,25-26,33-37,40-42H2,1H3. The van der Waals surface area contributed by atoms with Crippen LogP contribution in [0.5, 0.6) is 11.5 Å². The lowest BCUT2D eigenvalue weighted by Gasteiger charge is -2.59. The second-order valence-corrected chi connectivity index (χ2v) is 18.7. The molecule has 0 saturated heterocycles. The summed E-state index contributed by atoms with van der Waals surface area (Å²) < 4.78 is 41.4. The Bertz CT molecular complexity index is 2060. The zero-order valence-electron chi connectivity index (χ0n) is 40.5. The first-order valence-corrected chi connectivity index (χ1v) is 25.5. The Morgan fingerprint density at radius 3 is 2.22 bits per heavy atom. The Morgan fingerprint density at radius 1 is 0.838 bits per heavy atom. The molecule has 2 aliphatic carbocycles. The predicted octanol–water partition coefficient (Wildman–Crippen LogP) is 12.8. The van der Waals surface area contributed by atoms with Crippen molar-refractivity contribution in [1.29, 1.82) is 0 Å². The van der Waals surface area contributed by atoms with E-state index in [-0.39, 0.29) is 69.6 Å². The van der Waals surface area contributed by atoms with Crippen LogP contribution < -0.4 is 9.47 Å². The van der Waals surface area contributed by atoms with Crippen LogP contribution in [0.2, 0.25) is 0 Å². The number of carbonyl (C=O) groups excluding carboxylic acids is 1. The SMILES string of the molecule is C=CCOc1ccc2c(c1)C1C(CCCCO)C(CCCCO)C=C3C(=NOCc4ccccc4)CC(N(Cc4ccc(F)cc4)C(=O)OCCCCCCCCCCCC)C(OCC=C)(O2)C31. The molecule has 10 nitrogen and oxygen atoms in total. The van der Waals surface area contributed by atoms with Gasteiger partial charge in [-0.05, 0) is 91.0 Å². The molecule has 1 aliphatic heterocycles. The van der Waals surface area contributed by atoms with Crippen molar-refractivity contribution in [2.75, 3.05) is 33.0 Å². The average molecular weight is 937 g/mol. The number of oxime groups is 1. The monoisotopic (exact) mass is 937 g/mol. The summed E-state index contributed by atoms with van der Waals surface area (Å²) in [6, 6.07) is 21.2. The number of hydrogen-bond donors (Lipinski definition) is 2. The Morgan fingerprint density at radius 2 is 1.53 bits per heavy atom. The lowest BCUT2D eigenvalue weighted by atomic mass is 9.55. The fourth-order valence-electron chi connectivity index (χ4n) is 10.6. The topological polar surface area (TPSA) is 119 Å². The van der Waals surface area contributed by atoms with Gasteiger partial charge in [0.05, 0.1) is 24.8 Å². The van der Waals surface area contributed by atoms with Crippen molar-refractivity contribution < 1.29 is 43.2 Å². The van der Waals surface area contributed by atoms with Gasteiger partial charge in [-0.2, -0.15) is 0 Å². The first-order valence-electron chi connectivity index (χ1n) is 25.5.